The largest absolute Gasteiger partial charge is 0.462 e. The fraction of sp³-hybridized carbons (Fsp3) is 0.235. The molecule has 0 atom stereocenters. The van der Waals surface area contributed by atoms with E-state index in [9.17, 15) is 9.59 Å². The minimum Gasteiger partial charge on any atom is -0.462 e. The van der Waals surface area contributed by atoms with Crippen LogP contribution in [0, 0.1) is 0 Å². The zero-order chi connectivity index (χ0) is 16.8. The third kappa shape index (κ3) is 3.48. The Morgan fingerprint density at radius 3 is 2.26 bits per heavy atom. The molecule has 0 aliphatic heterocycles. The molecular formula is C17H18N2O4. The van der Waals surface area contributed by atoms with Gasteiger partial charge in [0.1, 0.15) is 5.56 Å². The van der Waals surface area contributed by atoms with Crippen LogP contribution in [0.1, 0.15) is 34.6 Å². The molecule has 6 nitrogen and oxygen atoms in total. The Hall–Kier alpha value is -2.89. The molecule has 0 bridgehead atoms. The van der Waals surface area contributed by atoms with Gasteiger partial charge in [-0.25, -0.2) is 9.59 Å². The van der Waals surface area contributed by atoms with Crippen LogP contribution in [0.5, 0.6) is 0 Å². The molecule has 23 heavy (non-hydrogen) atoms. The lowest BCUT2D eigenvalue weighted by molar-refractivity contribution is 0.0479. The summed E-state index contributed by atoms with van der Waals surface area (Å²) >= 11 is 0. The van der Waals surface area contributed by atoms with E-state index >= 15 is 0 Å². The van der Waals surface area contributed by atoms with E-state index in [0.717, 1.165) is 5.56 Å². The minimum atomic E-state index is -0.673. The first-order valence-corrected chi connectivity index (χ1v) is 7.28. The van der Waals surface area contributed by atoms with E-state index in [-0.39, 0.29) is 30.0 Å². The Labute approximate surface area is 134 Å². The summed E-state index contributed by atoms with van der Waals surface area (Å²) in [5, 5.41) is 0. The summed E-state index contributed by atoms with van der Waals surface area (Å²) in [5.41, 5.74) is 7.36. The minimum absolute atomic E-state index is 0.00230. The van der Waals surface area contributed by atoms with Gasteiger partial charge in [-0.1, -0.05) is 30.3 Å². The van der Waals surface area contributed by atoms with Gasteiger partial charge in [-0.05, 0) is 13.8 Å². The molecule has 1 heterocycles. The number of ether oxygens (including phenoxy) is 2. The Morgan fingerprint density at radius 1 is 1.04 bits per heavy atom. The van der Waals surface area contributed by atoms with Crippen LogP contribution in [0.25, 0.3) is 11.3 Å². The number of aromatic nitrogens is 1. The van der Waals surface area contributed by atoms with Gasteiger partial charge in [-0.3, -0.25) is 4.98 Å². The Kier molecular flexibility index (Phi) is 5.30. The molecule has 2 aromatic rings. The molecule has 1 aromatic heterocycles. The van der Waals surface area contributed by atoms with Crippen molar-refractivity contribution in [3.05, 3.63) is 47.7 Å². The van der Waals surface area contributed by atoms with Crippen LogP contribution < -0.4 is 5.73 Å². The number of esters is 2. The highest BCUT2D eigenvalue weighted by atomic mass is 16.5. The SMILES string of the molecule is CCOC(=O)c1cnc(-c2ccccc2)c(N)c1C(=O)OCC. The summed E-state index contributed by atoms with van der Waals surface area (Å²) in [6.07, 6.45) is 1.29. The highest BCUT2D eigenvalue weighted by Gasteiger charge is 2.25. The van der Waals surface area contributed by atoms with Crippen molar-refractivity contribution in [3.63, 3.8) is 0 Å². The maximum atomic E-state index is 12.2. The van der Waals surface area contributed by atoms with Gasteiger partial charge in [0.25, 0.3) is 0 Å². The lowest BCUT2D eigenvalue weighted by Gasteiger charge is -2.13. The topological polar surface area (TPSA) is 91.5 Å². The van der Waals surface area contributed by atoms with Crippen LogP contribution >= 0.6 is 0 Å². The molecule has 1 aromatic carbocycles. The van der Waals surface area contributed by atoms with Crippen LogP contribution in [-0.4, -0.2) is 30.1 Å². The zero-order valence-corrected chi connectivity index (χ0v) is 13.0. The van der Waals surface area contributed by atoms with E-state index in [1.54, 1.807) is 13.8 Å². The molecule has 0 fully saturated rings. The molecule has 6 heteroatoms. The van der Waals surface area contributed by atoms with E-state index in [0.29, 0.717) is 5.69 Å². The molecule has 2 N–H and O–H groups in total. The predicted molar refractivity (Wildman–Crippen MR) is 86.0 cm³/mol. The summed E-state index contributed by atoms with van der Waals surface area (Å²) in [5.74, 6) is -1.33. The fourth-order valence-electron chi connectivity index (χ4n) is 2.14. The maximum absolute atomic E-state index is 12.2. The van der Waals surface area contributed by atoms with Gasteiger partial charge in [-0.15, -0.1) is 0 Å². The third-order valence-corrected chi connectivity index (χ3v) is 3.14. The van der Waals surface area contributed by atoms with E-state index in [1.807, 2.05) is 30.3 Å². The van der Waals surface area contributed by atoms with Gasteiger partial charge in [-0.2, -0.15) is 0 Å². The van der Waals surface area contributed by atoms with Crippen LogP contribution in [0.4, 0.5) is 5.69 Å². The third-order valence-electron chi connectivity index (χ3n) is 3.14. The second-order valence-electron chi connectivity index (χ2n) is 4.62. The van der Waals surface area contributed by atoms with E-state index in [2.05, 4.69) is 4.98 Å². The zero-order valence-electron chi connectivity index (χ0n) is 13.0. The van der Waals surface area contributed by atoms with E-state index < -0.39 is 11.9 Å². The van der Waals surface area contributed by atoms with Gasteiger partial charge in [0.2, 0.25) is 0 Å². The lowest BCUT2D eigenvalue weighted by Crippen LogP contribution is -2.17. The number of nitrogens with zero attached hydrogens (tertiary/aromatic N) is 1. The van der Waals surface area contributed by atoms with Gasteiger partial charge >= 0.3 is 11.9 Å². The normalized spacial score (nSPS) is 10.2. The van der Waals surface area contributed by atoms with Gasteiger partial charge in [0.05, 0.1) is 30.2 Å². The van der Waals surface area contributed by atoms with Crippen molar-refractivity contribution >= 4 is 17.6 Å². The Balaban J connectivity index is 2.60. The quantitative estimate of drug-likeness (QED) is 0.853. The summed E-state index contributed by atoms with van der Waals surface area (Å²) in [6.45, 7) is 3.71. The molecule has 0 saturated heterocycles. The number of nitrogens with two attached hydrogens (primary N) is 1. The predicted octanol–water partition coefficient (Wildman–Crippen LogP) is 2.68. The molecule has 2 rings (SSSR count). The number of hydrogen-bond donors (Lipinski definition) is 1. The number of hydrogen-bond acceptors (Lipinski definition) is 6. The van der Waals surface area contributed by atoms with Crippen LogP contribution in [0.2, 0.25) is 0 Å². The Bertz CT molecular complexity index is 714. The second-order valence-corrected chi connectivity index (χ2v) is 4.62. The fourth-order valence-corrected chi connectivity index (χ4v) is 2.14. The average molecular weight is 314 g/mol. The number of anilines is 1. The molecule has 0 radical (unpaired) electrons. The first-order chi connectivity index (χ1) is 11.1. The highest BCUT2D eigenvalue weighted by molar-refractivity contribution is 6.08. The second kappa shape index (κ2) is 7.40. The number of carbonyl (C=O) groups excluding carboxylic acids is 2. The number of pyridine rings is 1. The number of carbonyl (C=O) groups is 2. The van der Waals surface area contributed by atoms with Crippen molar-refractivity contribution in [2.75, 3.05) is 18.9 Å². The van der Waals surface area contributed by atoms with Crippen molar-refractivity contribution in [2.24, 2.45) is 0 Å². The first kappa shape index (κ1) is 16.5. The molecule has 120 valence electrons. The van der Waals surface area contributed by atoms with Crippen molar-refractivity contribution in [2.45, 2.75) is 13.8 Å². The number of nitrogen functional groups attached to an aromatic ring is 1. The summed E-state index contributed by atoms with van der Waals surface area (Å²) < 4.78 is 9.97. The molecule has 0 saturated carbocycles. The molecule has 0 spiro atoms. The van der Waals surface area contributed by atoms with Crippen molar-refractivity contribution < 1.29 is 19.1 Å². The van der Waals surface area contributed by atoms with Crippen molar-refractivity contribution in [3.8, 4) is 11.3 Å². The van der Waals surface area contributed by atoms with Crippen LogP contribution in [0.15, 0.2) is 36.5 Å². The highest BCUT2D eigenvalue weighted by Crippen LogP contribution is 2.29. The monoisotopic (exact) mass is 314 g/mol. The number of benzene rings is 1. The summed E-state index contributed by atoms with van der Waals surface area (Å²) in [4.78, 5) is 28.5. The van der Waals surface area contributed by atoms with Crippen molar-refractivity contribution in [1.82, 2.24) is 4.98 Å². The van der Waals surface area contributed by atoms with E-state index in [1.165, 1.54) is 6.20 Å². The van der Waals surface area contributed by atoms with Gasteiger partial charge < -0.3 is 15.2 Å². The smallest absolute Gasteiger partial charge is 0.341 e. The van der Waals surface area contributed by atoms with Gasteiger partial charge in [0.15, 0.2) is 0 Å². The summed E-state index contributed by atoms with van der Waals surface area (Å²) in [7, 11) is 0. The standard InChI is InChI=1S/C17H18N2O4/c1-3-22-16(20)12-10-19-15(11-8-6-5-7-9-11)14(18)13(12)17(21)23-4-2/h5-10H,3-4,18H2,1-2H3. The molecule has 0 amide bonds. The molecule has 0 unspecified atom stereocenters. The van der Waals surface area contributed by atoms with Crippen LogP contribution in [0.3, 0.4) is 0 Å². The van der Waals surface area contributed by atoms with E-state index in [4.69, 9.17) is 15.2 Å². The molecular weight excluding hydrogens is 296 g/mol. The average Bonchev–Trinajstić information content (AvgIpc) is 2.55. The van der Waals surface area contributed by atoms with Crippen LogP contribution in [-0.2, 0) is 9.47 Å². The Morgan fingerprint density at radius 2 is 1.65 bits per heavy atom. The lowest BCUT2D eigenvalue weighted by atomic mass is 10.0. The molecule has 0 aliphatic rings. The first-order valence-electron chi connectivity index (χ1n) is 7.28. The maximum Gasteiger partial charge on any atom is 0.341 e. The molecule has 0 aliphatic carbocycles. The number of rotatable bonds is 5. The van der Waals surface area contributed by atoms with Crippen molar-refractivity contribution in [1.29, 1.82) is 0 Å². The van der Waals surface area contributed by atoms with Gasteiger partial charge in [0, 0.05) is 11.8 Å². The summed E-state index contributed by atoms with van der Waals surface area (Å²) in [6, 6.07) is 9.16.